The van der Waals surface area contributed by atoms with Gasteiger partial charge in [0.05, 0.1) is 5.56 Å². The Morgan fingerprint density at radius 3 is 2.50 bits per heavy atom. The quantitative estimate of drug-likeness (QED) is 0.593. The number of rotatable bonds is 3. The highest BCUT2D eigenvalue weighted by Gasteiger charge is 2.17. The van der Waals surface area contributed by atoms with E-state index >= 15 is 0 Å². The average Bonchev–Trinajstić information content (AvgIpc) is 2.15. The lowest BCUT2D eigenvalue weighted by Crippen LogP contribution is -2.23. The third kappa shape index (κ3) is 2.98. The molecule has 3 N–H and O–H groups in total. The minimum Gasteiger partial charge on any atom is -0.479 e. The molecular formula is C11H13NO4. The van der Waals surface area contributed by atoms with Crippen molar-refractivity contribution in [3.05, 3.63) is 29.3 Å². The van der Waals surface area contributed by atoms with E-state index in [1.807, 2.05) is 0 Å². The Bertz CT molecular complexity index is 408. The van der Waals surface area contributed by atoms with Crippen molar-refractivity contribution in [3.8, 4) is 0 Å². The van der Waals surface area contributed by atoms with Crippen molar-refractivity contribution in [1.82, 2.24) is 0 Å². The van der Waals surface area contributed by atoms with Crippen LogP contribution in [-0.2, 0) is 9.53 Å². The molecule has 5 heteroatoms. The molecule has 1 aromatic carbocycles. The van der Waals surface area contributed by atoms with Crippen LogP contribution >= 0.6 is 0 Å². The van der Waals surface area contributed by atoms with Crippen LogP contribution in [0.4, 0.5) is 5.69 Å². The van der Waals surface area contributed by atoms with Gasteiger partial charge in [-0.2, -0.15) is 0 Å². The summed E-state index contributed by atoms with van der Waals surface area (Å²) >= 11 is 0. The highest BCUT2D eigenvalue weighted by Crippen LogP contribution is 2.13. The normalized spacial score (nSPS) is 11.9. The van der Waals surface area contributed by atoms with Crippen LogP contribution in [0.5, 0.6) is 0 Å². The number of aliphatic carboxylic acids is 1. The zero-order valence-corrected chi connectivity index (χ0v) is 9.06. The van der Waals surface area contributed by atoms with Crippen molar-refractivity contribution < 1.29 is 19.4 Å². The van der Waals surface area contributed by atoms with Crippen LogP contribution in [0.15, 0.2) is 18.2 Å². The van der Waals surface area contributed by atoms with Gasteiger partial charge in [0.25, 0.3) is 0 Å². The van der Waals surface area contributed by atoms with Crippen molar-refractivity contribution in [2.75, 3.05) is 5.73 Å². The maximum Gasteiger partial charge on any atom is 0.344 e. The lowest BCUT2D eigenvalue weighted by molar-refractivity contribution is -0.146. The molecule has 0 aliphatic heterocycles. The number of aryl methyl sites for hydroxylation is 1. The molecule has 0 spiro atoms. The number of carbonyl (C=O) groups is 2. The van der Waals surface area contributed by atoms with E-state index < -0.39 is 18.0 Å². The van der Waals surface area contributed by atoms with Gasteiger partial charge >= 0.3 is 11.9 Å². The fourth-order valence-electron chi connectivity index (χ4n) is 1.21. The number of nitrogens with two attached hydrogens (primary N) is 1. The number of anilines is 1. The third-order valence-corrected chi connectivity index (χ3v) is 1.97. The van der Waals surface area contributed by atoms with Crippen molar-refractivity contribution in [1.29, 1.82) is 0 Å². The number of benzene rings is 1. The molecule has 1 aromatic rings. The van der Waals surface area contributed by atoms with E-state index in [4.69, 9.17) is 15.6 Å². The first kappa shape index (κ1) is 12.0. The molecule has 0 aliphatic carbocycles. The second-order valence-electron chi connectivity index (χ2n) is 3.52. The van der Waals surface area contributed by atoms with Crippen LogP contribution in [-0.4, -0.2) is 23.1 Å². The summed E-state index contributed by atoms with van der Waals surface area (Å²) in [4.78, 5) is 22.0. The average molecular weight is 223 g/mol. The maximum absolute atomic E-state index is 11.5. The summed E-state index contributed by atoms with van der Waals surface area (Å²) in [6.07, 6.45) is -1.17. The van der Waals surface area contributed by atoms with E-state index in [9.17, 15) is 9.59 Å². The first-order valence-electron chi connectivity index (χ1n) is 4.71. The largest absolute Gasteiger partial charge is 0.479 e. The van der Waals surface area contributed by atoms with E-state index in [1.165, 1.54) is 13.0 Å². The minimum absolute atomic E-state index is 0.255. The summed E-state index contributed by atoms with van der Waals surface area (Å²) in [5, 5.41) is 8.59. The van der Waals surface area contributed by atoms with Gasteiger partial charge in [0.2, 0.25) is 0 Å². The first-order valence-corrected chi connectivity index (χ1v) is 4.71. The summed E-state index contributed by atoms with van der Waals surface area (Å²) in [7, 11) is 0. The second-order valence-corrected chi connectivity index (χ2v) is 3.52. The Morgan fingerprint density at radius 2 is 2.00 bits per heavy atom. The summed E-state index contributed by atoms with van der Waals surface area (Å²) in [5.74, 6) is -1.88. The van der Waals surface area contributed by atoms with Gasteiger partial charge in [0.15, 0.2) is 6.10 Å². The zero-order valence-electron chi connectivity index (χ0n) is 9.06. The molecular weight excluding hydrogens is 210 g/mol. The summed E-state index contributed by atoms with van der Waals surface area (Å²) in [6.45, 7) is 3.08. The lowest BCUT2D eigenvalue weighted by atomic mass is 10.1. The van der Waals surface area contributed by atoms with Crippen molar-refractivity contribution in [3.63, 3.8) is 0 Å². The Kier molecular flexibility index (Phi) is 3.50. The smallest absolute Gasteiger partial charge is 0.344 e. The molecule has 86 valence electrons. The Balaban J connectivity index is 2.84. The summed E-state index contributed by atoms with van der Waals surface area (Å²) in [6, 6.07) is 4.74. The van der Waals surface area contributed by atoms with Crippen LogP contribution < -0.4 is 5.73 Å². The number of nitrogen functional groups attached to an aromatic ring is 1. The number of esters is 1. The van der Waals surface area contributed by atoms with Crippen LogP contribution in [0.3, 0.4) is 0 Å². The molecule has 0 saturated carbocycles. The van der Waals surface area contributed by atoms with E-state index in [0.29, 0.717) is 5.69 Å². The highest BCUT2D eigenvalue weighted by atomic mass is 16.6. The van der Waals surface area contributed by atoms with Crippen molar-refractivity contribution >= 4 is 17.6 Å². The Morgan fingerprint density at radius 1 is 1.38 bits per heavy atom. The molecule has 0 aliphatic rings. The predicted octanol–water partition coefficient (Wildman–Crippen LogP) is 1.21. The van der Waals surface area contributed by atoms with Gasteiger partial charge in [0.1, 0.15) is 0 Å². The van der Waals surface area contributed by atoms with E-state index in [-0.39, 0.29) is 5.56 Å². The lowest BCUT2D eigenvalue weighted by Gasteiger charge is -2.09. The summed E-state index contributed by atoms with van der Waals surface area (Å²) < 4.78 is 4.71. The molecule has 0 fully saturated rings. The number of hydrogen-bond acceptors (Lipinski definition) is 4. The fourth-order valence-corrected chi connectivity index (χ4v) is 1.21. The van der Waals surface area contributed by atoms with Crippen LogP contribution in [0, 0.1) is 6.92 Å². The molecule has 0 amide bonds. The standard InChI is InChI=1S/C11H13NO4/c1-6-3-8(5-9(12)4-6)11(15)16-7(2)10(13)14/h3-5,7H,12H2,1-2H3,(H,13,14). The van der Waals surface area contributed by atoms with Crippen LogP contribution in [0.2, 0.25) is 0 Å². The molecule has 0 aromatic heterocycles. The van der Waals surface area contributed by atoms with Gasteiger partial charge in [-0.3, -0.25) is 0 Å². The predicted molar refractivity (Wildman–Crippen MR) is 58.1 cm³/mol. The molecule has 1 rings (SSSR count). The summed E-state index contributed by atoms with van der Waals surface area (Å²) in [5.41, 5.74) is 7.07. The molecule has 1 atom stereocenters. The zero-order chi connectivity index (χ0) is 12.3. The molecule has 0 saturated heterocycles. The second kappa shape index (κ2) is 4.65. The van der Waals surface area contributed by atoms with Gasteiger partial charge in [0, 0.05) is 5.69 Å². The van der Waals surface area contributed by atoms with Gasteiger partial charge in [-0.05, 0) is 37.6 Å². The molecule has 0 bridgehead atoms. The van der Waals surface area contributed by atoms with Crippen LogP contribution in [0.25, 0.3) is 0 Å². The fraction of sp³-hybridized carbons (Fsp3) is 0.273. The molecule has 0 heterocycles. The monoisotopic (exact) mass is 223 g/mol. The Labute approximate surface area is 92.8 Å². The van der Waals surface area contributed by atoms with Gasteiger partial charge in [-0.15, -0.1) is 0 Å². The minimum atomic E-state index is -1.19. The topological polar surface area (TPSA) is 89.6 Å². The van der Waals surface area contributed by atoms with Crippen molar-refractivity contribution in [2.45, 2.75) is 20.0 Å². The number of carbonyl (C=O) groups excluding carboxylic acids is 1. The highest BCUT2D eigenvalue weighted by molar-refractivity contribution is 5.92. The number of carboxylic acids is 1. The Hall–Kier alpha value is -2.04. The van der Waals surface area contributed by atoms with Crippen LogP contribution in [0.1, 0.15) is 22.8 Å². The van der Waals surface area contributed by atoms with E-state index in [2.05, 4.69) is 0 Å². The van der Waals surface area contributed by atoms with Gasteiger partial charge in [-0.25, -0.2) is 9.59 Å². The number of carboxylic acid groups (broad SMARTS) is 1. The molecule has 16 heavy (non-hydrogen) atoms. The maximum atomic E-state index is 11.5. The number of hydrogen-bond donors (Lipinski definition) is 2. The van der Waals surface area contributed by atoms with E-state index in [0.717, 1.165) is 5.56 Å². The van der Waals surface area contributed by atoms with E-state index in [1.54, 1.807) is 19.1 Å². The SMILES string of the molecule is Cc1cc(N)cc(C(=O)OC(C)C(=O)O)c1. The molecule has 1 unspecified atom stereocenters. The number of ether oxygens (including phenoxy) is 1. The first-order chi connectivity index (χ1) is 7.40. The van der Waals surface area contributed by atoms with Gasteiger partial charge in [-0.1, -0.05) is 0 Å². The third-order valence-electron chi connectivity index (χ3n) is 1.97. The molecule has 5 nitrogen and oxygen atoms in total. The molecule has 0 radical (unpaired) electrons. The van der Waals surface area contributed by atoms with Gasteiger partial charge < -0.3 is 15.6 Å². The van der Waals surface area contributed by atoms with Crippen molar-refractivity contribution in [2.24, 2.45) is 0 Å².